The molecule has 4 nitrogen and oxygen atoms in total. The van der Waals surface area contributed by atoms with Crippen LogP contribution in [0.25, 0.3) is 0 Å². The molecule has 20 heavy (non-hydrogen) atoms. The normalized spacial score (nSPS) is 11.8. The molecule has 1 aromatic carbocycles. The van der Waals surface area contributed by atoms with Crippen LogP contribution < -0.4 is 4.74 Å². The quantitative estimate of drug-likeness (QED) is 0.636. The number of aliphatic hydroxyl groups is 1. The molecule has 0 heterocycles. The van der Waals surface area contributed by atoms with E-state index in [0.29, 0.717) is 5.02 Å². The summed E-state index contributed by atoms with van der Waals surface area (Å²) < 4.78 is 10.1. The zero-order valence-electron chi connectivity index (χ0n) is 10.7. The highest BCUT2D eigenvalue weighted by molar-refractivity contribution is 6.40. The molecule has 1 unspecified atom stereocenters. The number of hydrogen-bond donors (Lipinski definition) is 1. The molecule has 0 aliphatic heterocycles. The summed E-state index contributed by atoms with van der Waals surface area (Å²) in [4.78, 5) is 11.1. The first-order chi connectivity index (χ1) is 9.31. The van der Waals surface area contributed by atoms with Crippen LogP contribution in [-0.4, -0.2) is 30.4 Å². The van der Waals surface area contributed by atoms with Gasteiger partial charge in [-0.1, -0.05) is 41.4 Å². The van der Waals surface area contributed by atoms with Gasteiger partial charge in [-0.2, -0.15) is 0 Å². The van der Waals surface area contributed by atoms with Crippen molar-refractivity contribution in [3.8, 4) is 5.75 Å². The van der Waals surface area contributed by atoms with Gasteiger partial charge in [0.1, 0.15) is 19.3 Å². The molecule has 110 valence electrons. The van der Waals surface area contributed by atoms with Crippen molar-refractivity contribution >= 4 is 40.8 Å². The fraction of sp³-hybridized carbons (Fsp3) is 0.308. The predicted molar refractivity (Wildman–Crippen MR) is 78.7 cm³/mol. The Hall–Kier alpha value is -0.940. The Morgan fingerprint density at radius 1 is 1.30 bits per heavy atom. The third-order valence-electron chi connectivity index (χ3n) is 2.14. The summed E-state index contributed by atoms with van der Waals surface area (Å²) in [6.45, 7) is 4.59. The summed E-state index contributed by atoms with van der Waals surface area (Å²) >= 11 is 17.6. The lowest BCUT2D eigenvalue weighted by Gasteiger charge is -2.14. The van der Waals surface area contributed by atoms with Gasteiger partial charge in [0.15, 0.2) is 5.75 Å². The largest absolute Gasteiger partial charge is 0.488 e. The molecule has 1 rings (SSSR count). The van der Waals surface area contributed by atoms with Gasteiger partial charge < -0.3 is 14.6 Å². The second-order valence-corrected chi connectivity index (χ2v) is 5.29. The average molecular weight is 340 g/mol. The molecular formula is C13H13Cl3O4. The molecule has 0 aromatic heterocycles. The van der Waals surface area contributed by atoms with Gasteiger partial charge in [0.2, 0.25) is 0 Å². The van der Waals surface area contributed by atoms with Gasteiger partial charge in [-0.15, -0.1) is 0 Å². The van der Waals surface area contributed by atoms with Crippen molar-refractivity contribution in [2.45, 2.75) is 13.0 Å². The monoisotopic (exact) mass is 338 g/mol. The number of carbonyl (C=O) groups is 1. The van der Waals surface area contributed by atoms with Gasteiger partial charge in [0.25, 0.3) is 0 Å². The van der Waals surface area contributed by atoms with Crippen LogP contribution in [0.2, 0.25) is 15.1 Å². The standard InChI is InChI=1S/C13H13Cl3O4/c1-7(2)13(18)20-6-9(17)5-19-12-10(15)3-8(14)4-11(12)16/h3-4,9,17H,1,5-6H2,2H3. The molecule has 1 N–H and O–H groups in total. The molecule has 1 aromatic rings. The zero-order chi connectivity index (χ0) is 15.3. The first-order valence-corrected chi connectivity index (χ1v) is 6.72. The van der Waals surface area contributed by atoms with Gasteiger partial charge >= 0.3 is 5.97 Å². The number of esters is 1. The van der Waals surface area contributed by atoms with E-state index in [9.17, 15) is 9.90 Å². The van der Waals surface area contributed by atoms with Crippen molar-refractivity contribution in [2.75, 3.05) is 13.2 Å². The van der Waals surface area contributed by atoms with Crippen LogP contribution in [-0.2, 0) is 9.53 Å². The van der Waals surface area contributed by atoms with Crippen LogP contribution in [0.3, 0.4) is 0 Å². The van der Waals surface area contributed by atoms with Crippen LogP contribution in [0.4, 0.5) is 0 Å². The van der Waals surface area contributed by atoms with Crippen LogP contribution in [0.15, 0.2) is 24.3 Å². The summed E-state index contributed by atoms with van der Waals surface area (Å²) in [5.74, 6) is -0.366. The third kappa shape index (κ3) is 5.21. The lowest BCUT2D eigenvalue weighted by molar-refractivity contribution is -0.142. The first kappa shape index (κ1) is 17.1. The molecule has 0 amide bonds. The van der Waals surface area contributed by atoms with E-state index in [1.807, 2.05) is 0 Å². The summed E-state index contributed by atoms with van der Waals surface area (Å²) in [6, 6.07) is 2.94. The maximum absolute atomic E-state index is 11.1. The van der Waals surface area contributed by atoms with Gasteiger partial charge in [0, 0.05) is 10.6 Å². The molecule has 0 fully saturated rings. The molecule has 1 atom stereocenters. The highest BCUT2D eigenvalue weighted by Crippen LogP contribution is 2.35. The fourth-order valence-electron chi connectivity index (χ4n) is 1.19. The third-order valence-corrected chi connectivity index (χ3v) is 2.92. The van der Waals surface area contributed by atoms with Crippen molar-refractivity contribution in [3.05, 3.63) is 39.4 Å². The summed E-state index contributed by atoms with van der Waals surface area (Å²) in [5, 5.41) is 10.5. The molecule has 0 bridgehead atoms. The topological polar surface area (TPSA) is 55.8 Å². The molecule has 0 spiro atoms. The molecule has 7 heteroatoms. The van der Waals surface area contributed by atoms with Crippen molar-refractivity contribution in [2.24, 2.45) is 0 Å². The number of halogens is 3. The molecule has 0 aliphatic rings. The van der Waals surface area contributed by atoms with E-state index in [-0.39, 0.29) is 34.6 Å². The molecule has 0 radical (unpaired) electrons. The Bertz CT molecular complexity index is 493. The molecule has 0 aliphatic carbocycles. The maximum Gasteiger partial charge on any atom is 0.333 e. The van der Waals surface area contributed by atoms with Crippen molar-refractivity contribution in [1.29, 1.82) is 0 Å². The van der Waals surface area contributed by atoms with Crippen molar-refractivity contribution < 1.29 is 19.4 Å². The van der Waals surface area contributed by atoms with Gasteiger partial charge in [0.05, 0.1) is 10.0 Å². The SMILES string of the molecule is C=C(C)C(=O)OCC(O)COc1c(Cl)cc(Cl)cc1Cl. The molecule has 0 saturated heterocycles. The van der Waals surface area contributed by atoms with E-state index in [0.717, 1.165) is 0 Å². The van der Waals surface area contributed by atoms with Crippen LogP contribution in [0.1, 0.15) is 6.92 Å². The average Bonchev–Trinajstić information content (AvgIpc) is 2.34. The Balaban J connectivity index is 2.51. The Labute approximate surface area is 131 Å². The first-order valence-electron chi connectivity index (χ1n) is 5.59. The summed E-state index contributed by atoms with van der Waals surface area (Å²) in [5.41, 5.74) is 0.252. The van der Waals surface area contributed by atoms with Gasteiger partial charge in [-0.05, 0) is 19.1 Å². The van der Waals surface area contributed by atoms with Crippen molar-refractivity contribution in [3.63, 3.8) is 0 Å². The molecular weight excluding hydrogens is 326 g/mol. The van der Waals surface area contributed by atoms with E-state index < -0.39 is 12.1 Å². The summed E-state index contributed by atoms with van der Waals surface area (Å²) in [7, 11) is 0. The fourth-order valence-corrected chi connectivity index (χ4v) is 2.12. The predicted octanol–water partition coefficient (Wildman–Crippen LogP) is 3.51. The van der Waals surface area contributed by atoms with Crippen LogP contribution in [0.5, 0.6) is 5.75 Å². The number of carbonyl (C=O) groups excluding carboxylic acids is 1. The van der Waals surface area contributed by atoms with Gasteiger partial charge in [-0.3, -0.25) is 0 Å². The highest BCUT2D eigenvalue weighted by atomic mass is 35.5. The number of hydrogen-bond acceptors (Lipinski definition) is 4. The lowest BCUT2D eigenvalue weighted by atomic mass is 10.3. The second kappa shape index (κ2) is 7.74. The Kier molecular flexibility index (Phi) is 6.62. The van der Waals surface area contributed by atoms with E-state index in [4.69, 9.17) is 44.3 Å². The van der Waals surface area contributed by atoms with Crippen molar-refractivity contribution in [1.82, 2.24) is 0 Å². The summed E-state index contributed by atoms with van der Waals surface area (Å²) in [6.07, 6.45) is -1.01. The minimum Gasteiger partial charge on any atom is -0.488 e. The second-order valence-electron chi connectivity index (χ2n) is 4.04. The van der Waals surface area contributed by atoms with E-state index in [1.165, 1.54) is 19.1 Å². The van der Waals surface area contributed by atoms with E-state index >= 15 is 0 Å². The van der Waals surface area contributed by atoms with E-state index in [2.05, 4.69) is 6.58 Å². The minimum atomic E-state index is -1.01. The minimum absolute atomic E-state index is 0.134. The Morgan fingerprint density at radius 2 is 1.85 bits per heavy atom. The number of benzene rings is 1. The highest BCUT2D eigenvalue weighted by Gasteiger charge is 2.14. The van der Waals surface area contributed by atoms with Gasteiger partial charge in [-0.25, -0.2) is 4.79 Å². The Morgan fingerprint density at radius 3 is 2.35 bits per heavy atom. The number of rotatable bonds is 6. The number of aliphatic hydroxyl groups excluding tert-OH is 1. The zero-order valence-corrected chi connectivity index (χ0v) is 12.9. The molecule has 0 saturated carbocycles. The smallest absolute Gasteiger partial charge is 0.333 e. The van der Waals surface area contributed by atoms with E-state index in [1.54, 1.807) is 0 Å². The lowest BCUT2D eigenvalue weighted by Crippen LogP contribution is -2.25. The number of ether oxygens (including phenoxy) is 2. The van der Waals surface area contributed by atoms with Crippen LogP contribution >= 0.6 is 34.8 Å². The maximum atomic E-state index is 11.1. The van der Waals surface area contributed by atoms with Crippen LogP contribution in [0, 0.1) is 0 Å².